The summed E-state index contributed by atoms with van der Waals surface area (Å²) < 4.78 is 5.29. The summed E-state index contributed by atoms with van der Waals surface area (Å²) in [5.74, 6) is 0.518. The number of nitrogens with zero attached hydrogens (tertiary/aromatic N) is 2. The number of carbonyl (C=O) groups excluding carboxylic acids is 1. The van der Waals surface area contributed by atoms with Crippen molar-refractivity contribution in [3.63, 3.8) is 0 Å². The molecule has 1 aliphatic rings. The fourth-order valence-electron chi connectivity index (χ4n) is 2.59. The molecule has 0 atom stereocenters. The van der Waals surface area contributed by atoms with Crippen molar-refractivity contribution in [2.45, 2.75) is 25.7 Å². The summed E-state index contributed by atoms with van der Waals surface area (Å²) in [5, 5.41) is 4.55. The Morgan fingerprint density at radius 3 is 2.62 bits per heavy atom. The van der Waals surface area contributed by atoms with Gasteiger partial charge in [-0.1, -0.05) is 41.7 Å². The van der Waals surface area contributed by atoms with Gasteiger partial charge in [-0.3, -0.25) is 4.79 Å². The Morgan fingerprint density at radius 2 is 1.90 bits per heavy atom. The molecule has 1 amide bonds. The van der Waals surface area contributed by atoms with Crippen molar-refractivity contribution in [2.24, 2.45) is 0 Å². The van der Waals surface area contributed by atoms with Gasteiger partial charge in [0.2, 0.25) is 0 Å². The van der Waals surface area contributed by atoms with E-state index in [0.717, 1.165) is 31.5 Å². The molecule has 0 radical (unpaired) electrons. The molecule has 0 aliphatic carbocycles. The first kappa shape index (κ1) is 14.1. The van der Waals surface area contributed by atoms with E-state index in [0.29, 0.717) is 16.5 Å². The molecule has 1 aromatic heterocycles. The van der Waals surface area contributed by atoms with Gasteiger partial charge in [0.25, 0.3) is 5.91 Å². The Bertz CT molecular complexity index is 631. The molecule has 0 N–H and O–H groups in total. The zero-order valence-corrected chi connectivity index (χ0v) is 12.5. The van der Waals surface area contributed by atoms with Crippen molar-refractivity contribution in [3.8, 4) is 11.3 Å². The molecule has 1 aliphatic heterocycles. The maximum Gasteiger partial charge on any atom is 0.276 e. The van der Waals surface area contributed by atoms with Crippen LogP contribution in [0.3, 0.4) is 0 Å². The topological polar surface area (TPSA) is 46.3 Å². The average molecular weight is 305 g/mol. The lowest BCUT2D eigenvalue weighted by atomic mass is 10.1. The van der Waals surface area contributed by atoms with E-state index < -0.39 is 0 Å². The molecule has 2 aromatic rings. The Hall–Kier alpha value is -1.81. The minimum atomic E-state index is -0.0473. The van der Waals surface area contributed by atoms with Gasteiger partial charge in [-0.25, -0.2) is 0 Å². The number of benzene rings is 1. The summed E-state index contributed by atoms with van der Waals surface area (Å²) in [6.07, 6.45) is 4.50. The third kappa shape index (κ3) is 3.27. The van der Waals surface area contributed by atoms with Gasteiger partial charge in [0.1, 0.15) is 0 Å². The Kier molecular flexibility index (Phi) is 4.25. The smallest absolute Gasteiger partial charge is 0.276 e. The van der Waals surface area contributed by atoms with Gasteiger partial charge < -0.3 is 9.42 Å². The van der Waals surface area contributed by atoms with Crippen molar-refractivity contribution >= 4 is 17.5 Å². The first-order valence-corrected chi connectivity index (χ1v) is 7.64. The molecule has 1 aromatic carbocycles. The van der Waals surface area contributed by atoms with Crippen LogP contribution in [-0.2, 0) is 0 Å². The zero-order chi connectivity index (χ0) is 14.7. The molecule has 110 valence electrons. The quantitative estimate of drug-likeness (QED) is 0.842. The molecule has 2 heterocycles. The Morgan fingerprint density at radius 1 is 1.14 bits per heavy atom. The summed E-state index contributed by atoms with van der Waals surface area (Å²) in [6, 6.07) is 9.01. The second-order valence-electron chi connectivity index (χ2n) is 5.29. The Labute approximate surface area is 128 Å². The molecule has 0 saturated carbocycles. The predicted molar refractivity (Wildman–Crippen MR) is 81.3 cm³/mol. The van der Waals surface area contributed by atoms with E-state index in [4.69, 9.17) is 16.1 Å². The average Bonchev–Trinajstić information content (AvgIpc) is 2.82. The SMILES string of the molecule is O=C(c1cc(-c2cccc(Cl)c2)on1)N1CCCCCC1. The van der Waals surface area contributed by atoms with Crippen molar-refractivity contribution in [3.05, 3.63) is 41.0 Å². The third-order valence-corrected chi connectivity index (χ3v) is 3.97. The van der Waals surface area contributed by atoms with Gasteiger partial charge in [0, 0.05) is 29.7 Å². The van der Waals surface area contributed by atoms with Gasteiger partial charge in [-0.05, 0) is 25.0 Å². The molecule has 5 heteroatoms. The highest BCUT2D eigenvalue weighted by Gasteiger charge is 2.21. The molecule has 21 heavy (non-hydrogen) atoms. The van der Waals surface area contributed by atoms with E-state index in [9.17, 15) is 4.79 Å². The van der Waals surface area contributed by atoms with E-state index in [1.165, 1.54) is 12.8 Å². The first-order chi connectivity index (χ1) is 10.2. The van der Waals surface area contributed by atoms with Crippen LogP contribution in [0, 0.1) is 0 Å². The fraction of sp³-hybridized carbons (Fsp3) is 0.375. The minimum absolute atomic E-state index is 0.0473. The number of carbonyl (C=O) groups is 1. The van der Waals surface area contributed by atoms with Crippen LogP contribution in [0.4, 0.5) is 0 Å². The van der Waals surface area contributed by atoms with E-state index >= 15 is 0 Å². The maximum absolute atomic E-state index is 12.4. The number of aromatic nitrogens is 1. The van der Waals surface area contributed by atoms with E-state index in [-0.39, 0.29) is 5.91 Å². The van der Waals surface area contributed by atoms with E-state index in [2.05, 4.69) is 5.16 Å². The highest BCUT2D eigenvalue weighted by atomic mass is 35.5. The first-order valence-electron chi connectivity index (χ1n) is 7.26. The normalized spacial score (nSPS) is 15.8. The van der Waals surface area contributed by atoms with Crippen LogP contribution in [0.1, 0.15) is 36.2 Å². The fourth-order valence-corrected chi connectivity index (χ4v) is 2.78. The summed E-state index contributed by atoms with van der Waals surface area (Å²) in [7, 11) is 0. The number of amides is 1. The van der Waals surface area contributed by atoms with Crippen LogP contribution in [0.2, 0.25) is 5.02 Å². The number of likely N-dealkylation sites (tertiary alicyclic amines) is 1. The second kappa shape index (κ2) is 6.31. The van der Waals surface area contributed by atoms with Crippen molar-refractivity contribution in [1.29, 1.82) is 0 Å². The highest BCUT2D eigenvalue weighted by molar-refractivity contribution is 6.30. The van der Waals surface area contributed by atoms with Gasteiger partial charge >= 0.3 is 0 Å². The van der Waals surface area contributed by atoms with Crippen molar-refractivity contribution in [1.82, 2.24) is 10.1 Å². The van der Waals surface area contributed by atoms with Crippen LogP contribution in [0.15, 0.2) is 34.9 Å². The lowest BCUT2D eigenvalue weighted by Gasteiger charge is -2.18. The van der Waals surface area contributed by atoms with Crippen LogP contribution in [0.25, 0.3) is 11.3 Å². The summed E-state index contributed by atoms with van der Waals surface area (Å²) in [5.41, 5.74) is 1.19. The molecular formula is C16H17ClN2O2. The molecule has 1 saturated heterocycles. The Balaban J connectivity index is 1.79. The van der Waals surface area contributed by atoms with Gasteiger partial charge in [0.05, 0.1) is 0 Å². The summed E-state index contributed by atoms with van der Waals surface area (Å²) in [4.78, 5) is 14.3. The van der Waals surface area contributed by atoms with Gasteiger partial charge in [-0.15, -0.1) is 0 Å². The largest absolute Gasteiger partial charge is 0.355 e. The number of rotatable bonds is 2. The van der Waals surface area contributed by atoms with Crippen molar-refractivity contribution in [2.75, 3.05) is 13.1 Å². The van der Waals surface area contributed by atoms with Gasteiger partial charge in [-0.2, -0.15) is 0 Å². The molecule has 1 fully saturated rings. The lowest BCUT2D eigenvalue weighted by molar-refractivity contribution is 0.0751. The van der Waals surface area contributed by atoms with Crippen LogP contribution >= 0.6 is 11.6 Å². The molecular weight excluding hydrogens is 288 g/mol. The molecule has 4 nitrogen and oxygen atoms in total. The zero-order valence-electron chi connectivity index (χ0n) is 11.7. The summed E-state index contributed by atoms with van der Waals surface area (Å²) >= 11 is 5.97. The number of hydrogen-bond acceptors (Lipinski definition) is 3. The van der Waals surface area contributed by atoms with Crippen LogP contribution < -0.4 is 0 Å². The monoisotopic (exact) mass is 304 g/mol. The molecule has 3 rings (SSSR count). The predicted octanol–water partition coefficient (Wildman–Crippen LogP) is 4.01. The number of halogens is 1. The third-order valence-electron chi connectivity index (χ3n) is 3.73. The van der Waals surface area contributed by atoms with Crippen LogP contribution in [-0.4, -0.2) is 29.1 Å². The van der Waals surface area contributed by atoms with Gasteiger partial charge in [0.15, 0.2) is 11.5 Å². The lowest BCUT2D eigenvalue weighted by Crippen LogP contribution is -2.31. The minimum Gasteiger partial charge on any atom is -0.355 e. The molecule has 0 bridgehead atoms. The van der Waals surface area contributed by atoms with E-state index in [1.807, 2.05) is 17.0 Å². The molecule has 0 unspecified atom stereocenters. The number of hydrogen-bond donors (Lipinski definition) is 0. The summed E-state index contributed by atoms with van der Waals surface area (Å²) in [6.45, 7) is 1.61. The van der Waals surface area contributed by atoms with E-state index in [1.54, 1.807) is 18.2 Å². The highest BCUT2D eigenvalue weighted by Crippen LogP contribution is 2.24. The van der Waals surface area contributed by atoms with Crippen molar-refractivity contribution < 1.29 is 9.32 Å². The second-order valence-corrected chi connectivity index (χ2v) is 5.73. The standard InChI is InChI=1S/C16H17ClN2O2/c17-13-7-5-6-12(10-13)15-11-14(18-21-15)16(20)19-8-3-1-2-4-9-19/h5-7,10-11H,1-4,8-9H2. The van der Waals surface area contributed by atoms with Crippen LogP contribution in [0.5, 0.6) is 0 Å². The maximum atomic E-state index is 12.4. The molecule has 0 spiro atoms.